The summed E-state index contributed by atoms with van der Waals surface area (Å²) in [6.07, 6.45) is -8.35. The number of H-pyrrole nitrogens is 1. The topological polar surface area (TPSA) is 195 Å². The van der Waals surface area contributed by atoms with Crippen LogP contribution in [0, 0.1) is 0 Å². The van der Waals surface area contributed by atoms with E-state index >= 15 is 0 Å². The lowest BCUT2D eigenvalue weighted by Crippen LogP contribution is -2.57. The minimum atomic E-state index is -1.73. The molecule has 1 amide bonds. The third kappa shape index (κ3) is 4.07. The van der Waals surface area contributed by atoms with E-state index in [1.807, 2.05) is 4.98 Å². The maximum Gasteiger partial charge on any atom is 0.331 e. The molecule has 3 heterocycles. The van der Waals surface area contributed by atoms with Gasteiger partial charge in [-0.1, -0.05) is 0 Å². The number of esters is 1. The fraction of sp³-hybridized carbons (Fsp3) is 0.667. The summed E-state index contributed by atoms with van der Waals surface area (Å²) in [5.74, 6) is -1.61. The number of ether oxygens (including phenoxy) is 2. The highest BCUT2D eigenvalue weighted by Gasteiger charge is 2.53. The van der Waals surface area contributed by atoms with Crippen molar-refractivity contribution >= 4 is 11.9 Å². The van der Waals surface area contributed by atoms with Crippen molar-refractivity contribution in [3.8, 4) is 0 Å². The molecule has 0 saturated carbocycles. The fourth-order valence-electron chi connectivity index (χ4n) is 4.15. The molecule has 2 fully saturated rings. The summed E-state index contributed by atoms with van der Waals surface area (Å²) in [5.41, 5.74) is -1.58. The van der Waals surface area contributed by atoms with E-state index < -0.39 is 72.0 Å². The molecule has 0 radical (unpaired) electrons. The average molecular weight is 458 g/mol. The Kier molecular flexibility index (Phi) is 6.83. The highest BCUT2D eigenvalue weighted by Crippen LogP contribution is 2.32. The SMILES string of the molecule is COC(=O)[C@@H]1[C@@H](O)CN(C)[C@@H]([C@H](O)C2OC(n3ccc(=O)[nH]c3=O)C(O)C2O)C(=O)N1C. The predicted octanol–water partition coefficient (Wildman–Crippen LogP) is -4.81. The van der Waals surface area contributed by atoms with Gasteiger partial charge in [0, 0.05) is 25.9 Å². The quantitative estimate of drug-likeness (QED) is 0.272. The summed E-state index contributed by atoms with van der Waals surface area (Å²) < 4.78 is 11.0. The Bertz CT molecular complexity index is 979. The van der Waals surface area contributed by atoms with Gasteiger partial charge in [0.25, 0.3) is 5.56 Å². The number of hydrogen-bond donors (Lipinski definition) is 5. The van der Waals surface area contributed by atoms with E-state index in [4.69, 9.17) is 4.74 Å². The Morgan fingerprint density at radius 3 is 2.47 bits per heavy atom. The number of carbonyl (C=O) groups is 2. The second kappa shape index (κ2) is 9.09. The lowest BCUT2D eigenvalue weighted by atomic mass is 9.98. The van der Waals surface area contributed by atoms with Crippen molar-refractivity contribution < 1.29 is 39.5 Å². The summed E-state index contributed by atoms with van der Waals surface area (Å²) in [5, 5.41) is 42.3. The molecule has 32 heavy (non-hydrogen) atoms. The zero-order valence-corrected chi connectivity index (χ0v) is 17.6. The van der Waals surface area contributed by atoms with Crippen molar-refractivity contribution in [1.29, 1.82) is 0 Å². The molecule has 3 rings (SSSR count). The minimum absolute atomic E-state index is 0.203. The van der Waals surface area contributed by atoms with Gasteiger partial charge >= 0.3 is 11.7 Å². The van der Waals surface area contributed by atoms with Crippen LogP contribution in [0.5, 0.6) is 0 Å². The molecular weight excluding hydrogens is 432 g/mol. The molecule has 0 spiro atoms. The molecule has 4 unspecified atom stereocenters. The van der Waals surface area contributed by atoms with Crippen LogP contribution in [0.15, 0.2) is 21.9 Å². The standard InChI is InChI=1S/C18H26N4O10/c1-20-6-7(23)9(17(29)31-3)21(2)15(28)10(20)11(25)14-12(26)13(27)16(32-14)22-5-4-8(24)19-18(22)30/h4-5,7,9-14,16,23,25-27H,6H2,1-3H3,(H,19,24,30)/t7-,9-,10-,11-,12?,13?,14?,16?/m0/s1. The van der Waals surface area contributed by atoms with E-state index in [-0.39, 0.29) is 6.54 Å². The zero-order chi connectivity index (χ0) is 23.9. The third-order valence-electron chi connectivity index (χ3n) is 5.84. The van der Waals surface area contributed by atoms with Crippen molar-refractivity contribution in [2.24, 2.45) is 0 Å². The smallest absolute Gasteiger partial charge is 0.331 e. The number of amides is 1. The van der Waals surface area contributed by atoms with E-state index in [2.05, 4.69) is 4.74 Å². The number of nitrogens with zero attached hydrogens (tertiary/aromatic N) is 3. The molecule has 1 aromatic heterocycles. The van der Waals surface area contributed by atoms with Crippen LogP contribution < -0.4 is 11.2 Å². The highest BCUT2D eigenvalue weighted by molar-refractivity contribution is 5.89. The zero-order valence-electron chi connectivity index (χ0n) is 17.6. The van der Waals surface area contributed by atoms with E-state index in [0.717, 1.165) is 28.8 Å². The van der Waals surface area contributed by atoms with Crippen LogP contribution in [-0.4, -0.2) is 122 Å². The van der Waals surface area contributed by atoms with Crippen molar-refractivity contribution in [1.82, 2.24) is 19.4 Å². The van der Waals surface area contributed by atoms with Crippen molar-refractivity contribution in [2.45, 2.75) is 48.8 Å². The number of likely N-dealkylation sites (N-methyl/N-ethyl adjacent to an activating group) is 2. The van der Waals surface area contributed by atoms with Gasteiger partial charge in [-0.3, -0.25) is 24.0 Å². The molecule has 8 atom stereocenters. The summed E-state index contributed by atoms with van der Waals surface area (Å²) in [6, 6.07) is -1.68. The second-order valence-electron chi connectivity index (χ2n) is 7.85. The van der Waals surface area contributed by atoms with Crippen LogP contribution >= 0.6 is 0 Å². The maximum absolute atomic E-state index is 13.1. The number of β-amino-alcohol motifs (C(OH)–C–C–N with tert-alkyl or cyclic N) is 1. The van der Waals surface area contributed by atoms with Crippen LogP contribution in [0.2, 0.25) is 0 Å². The van der Waals surface area contributed by atoms with Gasteiger partial charge in [0.05, 0.1) is 13.2 Å². The summed E-state index contributed by atoms with van der Waals surface area (Å²) in [4.78, 5) is 52.7. The molecule has 1 aromatic rings. The van der Waals surface area contributed by atoms with Gasteiger partial charge in [-0.15, -0.1) is 0 Å². The van der Waals surface area contributed by atoms with Crippen LogP contribution in [0.25, 0.3) is 0 Å². The number of aliphatic hydroxyl groups excluding tert-OH is 4. The monoisotopic (exact) mass is 458 g/mol. The first-order valence-electron chi connectivity index (χ1n) is 9.73. The van der Waals surface area contributed by atoms with Crippen LogP contribution in [0.4, 0.5) is 0 Å². The molecule has 0 bridgehead atoms. The number of aromatic amines is 1. The number of methoxy groups -OCH3 is 1. The highest BCUT2D eigenvalue weighted by atomic mass is 16.6. The summed E-state index contributed by atoms with van der Waals surface area (Å²) in [7, 11) is 3.79. The normalized spacial score (nSPS) is 34.9. The van der Waals surface area contributed by atoms with E-state index in [1.54, 1.807) is 0 Å². The molecule has 0 aliphatic carbocycles. The van der Waals surface area contributed by atoms with Gasteiger partial charge in [0.1, 0.15) is 30.5 Å². The van der Waals surface area contributed by atoms with Gasteiger partial charge < -0.3 is 34.8 Å². The van der Waals surface area contributed by atoms with Crippen LogP contribution in [0.1, 0.15) is 6.23 Å². The Morgan fingerprint density at radius 2 is 1.88 bits per heavy atom. The Morgan fingerprint density at radius 1 is 1.22 bits per heavy atom. The molecular formula is C18H26N4O10. The molecule has 2 aliphatic rings. The number of nitrogens with one attached hydrogen (secondary N) is 1. The Hall–Kier alpha value is -2.62. The molecule has 14 nitrogen and oxygen atoms in total. The molecule has 2 aliphatic heterocycles. The largest absolute Gasteiger partial charge is 0.467 e. The van der Waals surface area contributed by atoms with Crippen LogP contribution in [-0.2, 0) is 19.1 Å². The van der Waals surface area contributed by atoms with Crippen LogP contribution in [0.3, 0.4) is 0 Å². The third-order valence-corrected chi connectivity index (χ3v) is 5.84. The number of carbonyl (C=O) groups excluding carboxylic acids is 2. The summed E-state index contributed by atoms with van der Waals surface area (Å²) >= 11 is 0. The van der Waals surface area contributed by atoms with Gasteiger partial charge in [-0.05, 0) is 7.05 Å². The first-order chi connectivity index (χ1) is 15.0. The predicted molar refractivity (Wildman–Crippen MR) is 104 cm³/mol. The average Bonchev–Trinajstić information content (AvgIpc) is 2.98. The minimum Gasteiger partial charge on any atom is -0.467 e. The number of rotatable bonds is 4. The van der Waals surface area contributed by atoms with E-state index in [1.165, 1.54) is 19.0 Å². The van der Waals surface area contributed by atoms with E-state index in [0.29, 0.717) is 0 Å². The van der Waals surface area contributed by atoms with Gasteiger partial charge in [0.15, 0.2) is 12.3 Å². The summed E-state index contributed by atoms with van der Waals surface area (Å²) in [6.45, 7) is -0.203. The first kappa shape index (κ1) is 24.0. The Labute approximate surface area is 181 Å². The van der Waals surface area contributed by atoms with Crippen molar-refractivity contribution in [3.05, 3.63) is 33.1 Å². The first-order valence-corrected chi connectivity index (χ1v) is 9.73. The lowest BCUT2D eigenvalue weighted by molar-refractivity contribution is -0.158. The lowest BCUT2D eigenvalue weighted by Gasteiger charge is -2.34. The number of aliphatic hydroxyl groups is 4. The van der Waals surface area contributed by atoms with Crippen molar-refractivity contribution in [3.63, 3.8) is 0 Å². The molecule has 14 heteroatoms. The van der Waals surface area contributed by atoms with Crippen molar-refractivity contribution in [2.75, 3.05) is 27.7 Å². The maximum atomic E-state index is 13.1. The van der Waals surface area contributed by atoms with E-state index in [9.17, 15) is 39.6 Å². The second-order valence-corrected chi connectivity index (χ2v) is 7.85. The molecule has 0 aromatic carbocycles. The van der Waals surface area contributed by atoms with Gasteiger partial charge in [-0.25, -0.2) is 9.59 Å². The van der Waals surface area contributed by atoms with Gasteiger partial charge in [0.2, 0.25) is 5.91 Å². The molecule has 5 N–H and O–H groups in total. The molecule has 2 saturated heterocycles. The Balaban J connectivity index is 1.89. The fourth-order valence-corrected chi connectivity index (χ4v) is 4.15. The van der Waals surface area contributed by atoms with Gasteiger partial charge in [-0.2, -0.15) is 0 Å². The number of aromatic nitrogens is 2. The molecule has 178 valence electrons. The number of hydrogen-bond acceptors (Lipinski definition) is 11.